The van der Waals surface area contributed by atoms with Crippen LogP contribution < -0.4 is 21.1 Å². The number of ether oxygens (including phenoxy) is 1. The molecule has 0 fully saturated rings. The number of carbonyl (C=O) groups excluding carboxylic acids is 1. The highest BCUT2D eigenvalue weighted by atomic mass is 16.5. The Labute approximate surface area is 223 Å². The molecule has 6 nitrogen and oxygen atoms in total. The second-order valence-electron chi connectivity index (χ2n) is 9.48. The largest absolute Gasteiger partial charge is 0.486 e. The molecule has 2 heterocycles. The van der Waals surface area contributed by atoms with Crippen LogP contribution in [0.3, 0.4) is 0 Å². The molecular formula is C32H32N4O2. The maximum Gasteiger partial charge on any atom is 0.255 e. The third-order valence-electron chi connectivity index (χ3n) is 7.02. The van der Waals surface area contributed by atoms with Crippen molar-refractivity contribution in [2.45, 2.75) is 30.8 Å². The summed E-state index contributed by atoms with van der Waals surface area (Å²) in [6.45, 7) is 4.85. The van der Waals surface area contributed by atoms with Crippen LogP contribution in [-0.4, -0.2) is 23.5 Å². The quantitative estimate of drug-likeness (QED) is 0.320. The van der Waals surface area contributed by atoms with Crippen molar-refractivity contribution in [1.82, 2.24) is 10.3 Å². The Kier molecular flexibility index (Phi) is 7.69. The number of pyridine rings is 1. The van der Waals surface area contributed by atoms with Crippen molar-refractivity contribution in [3.63, 3.8) is 0 Å². The summed E-state index contributed by atoms with van der Waals surface area (Å²) >= 11 is 0. The predicted molar refractivity (Wildman–Crippen MR) is 152 cm³/mol. The zero-order valence-electron chi connectivity index (χ0n) is 21.2. The van der Waals surface area contributed by atoms with Gasteiger partial charge in [-0.25, -0.2) is 0 Å². The van der Waals surface area contributed by atoms with Gasteiger partial charge in [-0.2, -0.15) is 0 Å². The van der Waals surface area contributed by atoms with Crippen molar-refractivity contribution >= 4 is 11.6 Å². The number of rotatable bonds is 9. The standard InChI is InChI=1S/C32H32N4O2/c1-2-22(27-12-6-7-13-30(27)38-26-10-4-3-5-11-26)19-28-29(21-35-31(28)33)23-14-16-24(17-15-23)32(37)36-25-9-8-18-34-20-25/h2-10,12-18,20,22,26,29,35H,1,11,19,21,33H2,(H,36,37). The van der Waals surface area contributed by atoms with Crippen molar-refractivity contribution in [1.29, 1.82) is 0 Å². The molecule has 0 radical (unpaired) electrons. The highest BCUT2D eigenvalue weighted by Crippen LogP contribution is 2.39. The van der Waals surface area contributed by atoms with E-state index in [1.165, 1.54) is 0 Å². The molecule has 1 aliphatic carbocycles. The van der Waals surface area contributed by atoms with Crippen molar-refractivity contribution in [2.75, 3.05) is 11.9 Å². The van der Waals surface area contributed by atoms with Crippen LogP contribution in [0, 0.1) is 0 Å². The van der Waals surface area contributed by atoms with E-state index in [4.69, 9.17) is 10.5 Å². The van der Waals surface area contributed by atoms with Gasteiger partial charge in [-0.15, -0.1) is 6.58 Å². The molecule has 0 saturated carbocycles. The van der Waals surface area contributed by atoms with Crippen LogP contribution in [0.25, 0.3) is 0 Å². The summed E-state index contributed by atoms with van der Waals surface area (Å²) in [5, 5.41) is 6.21. The summed E-state index contributed by atoms with van der Waals surface area (Å²) in [6.07, 6.45) is 15.1. The first kappa shape index (κ1) is 25.1. The molecule has 2 aliphatic rings. The number of allylic oxidation sites excluding steroid dienone is 3. The number of hydrogen-bond acceptors (Lipinski definition) is 5. The van der Waals surface area contributed by atoms with Crippen molar-refractivity contribution in [2.24, 2.45) is 5.73 Å². The van der Waals surface area contributed by atoms with Crippen LogP contribution in [0.1, 0.15) is 46.2 Å². The minimum absolute atomic E-state index is 0.0191. The number of nitrogens with zero attached hydrogens (tertiary/aromatic N) is 1. The van der Waals surface area contributed by atoms with E-state index in [0.717, 1.165) is 35.3 Å². The van der Waals surface area contributed by atoms with Crippen LogP contribution in [0.15, 0.2) is 121 Å². The molecule has 38 heavy (non-hydrogen) atoms. The van der Waals surface area contributed by atoms with Crippen LogP contribution in [0.4, 0.5) is 5.69 Å². The summed E-state index contributed by atoms with van der Waals surface area (Å²) in [5.74, 6) is 1.55. The summed E-state index contributed by atoms with van der Waals surface area (Å²) < 4.78 is 6.36. The highest BCUT2D eigenvalue weighted by Gasteiger charge is 2.28. The minimum Gasteiger partial charge on any atom is -0.486 e. The van der Waals surface area contributed by atoms with Gasteiger partial charge in [0.1, 0.15) is 11.9 Å². The van der Waals surface area contributed by atoms with Crippen molar-refractivity contribution in [3.05, 3.63) is 138 Å². The highest BCUT2D eigenvalue weighted by molar-refractivity contribution is 6.04. The number of nitrogens with two attached hydrogens (primary N) is 1. The fourth-order valence-corrected chi connectivity index (χ4v) is 4.97. The number of aromatic nitrogens is 1. The lowest BCUT2D eigenvalue weighted by Gasteiger charge is -2.23. The predicted octanol–water partition coefficient (Wildman–Crippen LogP) is 5.81. The van der Waals surface area contributed by atoms with Gasteiger partial charge >= 0.3 is 0 Å². The molecule has 6 heteroatoms. The zero-order chi connectivity index (χ0) is 26.3. The van der Waals surface area contributed by atoms with Crippen LogP contribution >= 0.6 is 0 Å². The second-order valence-corrected chi connectivity index (χ2v) is 9.48. The van der Waals surface area contributed by atoms with Gasteiger partial charge < -0.3 is 21.1 Å². The normalized spacial score (nSPS) is 19.1. The molecule has 5 rings (SSSR count). The van der Waals surface area contributed by atoms with Crippen LogP contribution in [-0.2, 0) is 0 Å². The first-order chi connectivity index (χ1) is 18.6. The van der Waals surface area contributed by atoms with E-state index in [-0.39, 0.29) is 23.8 Å². The topological polar surface area (TPSA) is 89.3 Å². The van der Waals surface area contributed by atoms with E-state index in [2.05, 4.69) is 40.4 Å². The van der Waals surface area contributed by atoms with Crippen LogP contribution in [0.5, 0.6) is 5.75 Å². The molecule has 3 unspecified atom stereocenters. The molecule has 4 N–H and O–H groups in total. The Hall–Kier alpha value is -4.58. The van der Waals surface area contributed by atoms with E-state index in [1.54, 1.807) is 18.5 Å². The molecule has 1 aliphatic heterocycles. The van der Waals surface area contributed by atoms with E-state index in [9.17, 15) is 4.79 Å². The van der Waals surface area contributed by atoms with E-state index in [1.807, 2.05) is 66.8 Å². The van der Waals surface area contributed by atoms with Gasteiger partial charge in [0.2, 0.25) is 0 Å². The summed E-state index contributed by atoms with van der Waals surface area (Å²) in [4.78, 5) is 16.7. The average Bonchev–Trinajstić information content (AvgIpc) is 3.33. The fraction of sp³-hybridized carbons (Fsp3) is 0.188. The first-order valence-corrected chi connectivity index (χ1v) is 12.9. The third-order valence-corrected chi connectivity index (χ3v) is 7.02. The van der Waals surface area contributed by atoms with Crippen LogP contribution in [0.2, 0.25) is 0 Å². The van der Waals surface area contributed by atoms with Gasteiger partial charge in [-0.05, 0) is 54.0 Å². The number of nitrogens with one attached hydrogen (secondary N) is 2. The molecule has 3 atom stereocenters. The average molecular weight is 505 g/mol. The molecule has 1 amide bonds. The van der Waals surface area contributed by atoms with Gasteiger partial charge in [-0.3, -0.25) is 9.78 Å². The number of benzene rings is 2. The number of para-hydroxylation sites is 1. The lowest BCUT2D eigenvalue weighted by molar-refractivity contribution is 0.102. The van der Waals surface area contributed by atoms with E-state index >= 15 is 0 Å². The van der Waals surface area contributed by atoms with E-state index in [0.29, 0.717) is 23.6 Å². The van der Waals surface area contributed by atoms with Crippen molar-refractivity contribution < 1.29 is 9.53 Å². The van der Waals surface area contributed by atoms with E-state index < -0.39 is 0 Å². The molecule has 0 saturated heterocycles. The number of anilines is 1. The van der Waals surface area contributed by atoms with Crippen molar-refractivity contribution in [3.8, 4) is 5.75 Å². The molecule has 0 spiro atoms. The molecule has 2 aromatic carbocycles. The molecule has 192 valence electrons. The monoisotopic (exact) mass is 504 g/mol. The number of carbonyl (C=O) groups is 1. The fourth-order valence-electron chi connectivity index (χ4n) is 4.97. The Morgan fingerprint density at radius 3 is 2.74 bits per heavy atom. The maximum absolute atomic E-state index is 12.7. The Bertz CT molecular complexity index is 1380. The third kappa shape index (κ3) is 5.70. The smallest absolute Gasteiger partial charge is 0.255 e. The zero-order valence-corrected chi connectivity index (χ0v) is 21.2. The maximum atomic E-state index is 12.7. The van der Waals surface area contributed by atoms with Gasteiger partial charge in [0.25, 0.3) is 5.91 Å². The molecule has 1 aromatic heterocycles. The Balaban J connectivity index is 1.31. The minimum atomic E-state index is -0.170. The number of amides is 1. The summed E-state index contributed by atoms with van der Waals surface area (Å²) in [6, 6.07) is 19.5. The molecular weight excluding hydrogens is 472 g/mol. The molecule has 3 aromatic rings. The van der Waals surface area contributed by atoms with Gasteiger partial charge in [-0.1, -0.05) is 54.6 Å². The lowest BCUT2D eigenvalue weighted by Crippen LogP contribution is -2.16. The van der Waals surface area contributed by atoms with Gasteiger partial charge in [0.15, 0.2) is 0 Å². The first-order valence-electron chi connectivity index (χ1n) is 12.9. The number of hydrogen-bond donors (Lipinski definition) is 3. The second kappa shape index (κ2) is 11.6. The Morgan fingerprint density at radius 1 is 1.16 bits per heavy atom. The summed E-state index contributed by atoms with van der Waals surface area (Å²) in [7, 11) is 0. The van der Waals surface area contributed by atoms with Gasteiger partial charge in [0, 0.05) is 42.1 Å². The van der Waals surface area contributed by atoms with Gasteiger partial charge in [0.05, 0.1) is 17.7 Å². The Morgan fingerprint density at radius 2 is 2.00 bits per heavy atom. The SMILES string of the molecule is C=CC(CC1=C(N)NCC1c1ccc(C(=O)Nc2cccnc2)cc1)c1ccccc1OC1C=CC=CC1. The lowest BCUT2D eigenvalue weighted by atomic mass is 9.84. The summed E-state index contributed by atoms with van der Waals surface area (Å²) in [5.41, 5.74) is 11.0. The molecule has 0 bridgehead atoms.